The number of carbonyl (C=O) groups excluding carboxylic acids is 1. The van der Waals surface area contributed by atoms with E-state index in [0.29, 0.717) is 17.8 Å². The van der Waals surface area contributed by atoms with Crippen LogP contribution in [0.3, 0.4) is 0 Å². The molecule has 0 fully saturated rings. The van der Waals surface area contributed by atoms with E-state index in [0.717, 1.165) is 27.7 Å². The number of hydrogen-bond acceptors (Lipinski definition) is 4. The van der Waals surface area contributed by atoms with Crippen LogP contribution < -0.4 is 10.6 Å². The first-order valence-corrected chi connectivity index (χ1v) is 8.32. The number of aromatic amines is 1. The molecule has 6 nitrogen and oxygen atoms in total. The number of pyridine rings is 1. The predicted molar refractivity (Wildman–Crippen MR) is 104 cm³/mol. The summed E-state index contributed by atoms with van der Waals surface area (Å²) in [6.45, 7) is 2.00. The molecular formula is C20H21N5O. The fourth-order valence-electron chi connectivity index (χ4n) is 2.74. The van der Waals surface area contributed by atoms with Crippen molar-refractivity contribution in [2.75, 3.05) is 13.6 Å². The number of nitrogens with zero attached hydrogens (tertiary/aromatic N) is 1. The first kappa shape index (κ1) is 17.4. The van der Waals surface area contributed by atoms with Gasteiger partial charge in [-0.25, -0.2) is 0 Å². The highest BCUT2D eigenvalue weighted by molar-refractivity contribution is 5.99. The molecule has 2 aromatic heterocycles. The van der Waals surface area contributed by atoms with Gasteiger partial charge >= 0.3 is 0 Å². The Morgan fingerprint density at radius 2 is 2.00 bits per heavy atom. The summed E-state index contributed by atoms with van der Waals surface area (Å²) >= 11 is 0. The second-order valence-electron chi connectivity index (χ2n) is 5.94. The third-order valence-corrected chi connectivity index (χ3v) is 4.14. The molecule has 0 aliphatic carbocycles. The maximum absolute atomic E-state index is 12.3. The lowest BCUT2D eigenvalue weighted by atomic mass is 10.1. The van der Waals surface area contributed by atoms with Gasteiger partial charge in [0.1, 0.15) is 0 Å². The van der Waals surface area contributed by atoms with Crippen LogP contribution in [0.4, 0.5) is 0 Å². The zero-order valence-electron chi connectivity index (χ0n) is 14.8. The molecule has 0 atom stereocenters. The van der Waals surface area contributed by atoms with E-state index in [1.54, 1.807) is 38.5 Å². The third kappa shape index (κ3) is 3.64. The van der Waals surface area contributed by atoms with Crippen LogP contribution in [0.2, 0.25) is 0 Å². The van der Waals surface area contributed by atoms with Gasteiger partial charge in [0.15, 0.2) is 0 Å². The Morgan fingerprint density at radius 3 is 2.69 bits per heavy atom. The lowest BCUT2D eigenvalue weighted by Gasteiger charge is -2.09. The summed E-state index contributed by atoms with van der Waals surface area (Å²) < 4.78 is 0. The molecular weight excluding hydrogens is 326 g/mol. The largest absolute Gasteiger partial charge is 0.394 e. The molecule has 1 amide bonds. The number of carbonyl (C=O) groups is 1. The quantitative estimate of drug-likeness (QED) is 0.516. The molecule has 3 rings (SSSR count). The van der Waals surface area contributed by atoms with Gasteiger partial charge in [-0.15, -0.1) is 0 Å². The second-order valence-corrected chi connectivity index (χ2v) is 5.94. The number of rotatable bonds is 6. The molecule has 4 N–H and O–H groups in total. The third-order valence-electron chi connectivity index (χ3n) is 4.14. The van der Waals surface area contributed by atoms with E-state index in [2.05, 4.69) is 20.6 Å². The van der Waals surface area contributed by atoms with Crippen molar-refractivity contribution < 1.29 is 4.79 Å². The first-order chi connectivity index (χ1) is 12.6. The highest BCUT2D eigenvalue weighted by Gasteiger charge is 2.10. The van der Waals surface area contributed by atoms with Crippen LogP contribution in [0, 0.1) is 5.41 Å². The summed E-state index contributed by atoms with van der Waals surface area (Å²) in [5, 5.41) is 14.5. The normalized spacial score (nSPS) is 11.4. The number of benzene rings is 1. The van der Waals surface area contributed by atoms with Gasteiger partial charge < -0.3 is 21.0 Å². The van der Waals surface area contributed by atoms with E-state index in [-0.39, 0.29) is 5.91 Å². The number of nitrogens with one attached hydrogen (secondary N) is 4. The topological polar surface area (TPSA) is 93.7 Å². The van der Waals surface area contributed by atoms with Crippen molar-refractivity contribution >= 4 is 22.5 Å². The van der Waals surface area contributed by atoms with Crippen LogP contribution in [-0.2, 0) is 0 Å². The van der Waals surface area contributed by atoms with Gasteiger partial charge in [0.25, 0.3) is 5.91 Å². The molecule has 26 heavy (non-hydrogen) atoms. The lowest BCUT2D eigenvalue weighted by Crippen LogP contribution is -2.27. The zero-order chi connectivity index (χ0) is 18.5. The minimum Gasteiger partial charge on any atom is -0.394 e. The molecule has 0 radical (unpaired) electrons. The standard InChI is InChI=1S/C20H21N5O/c1-13(21)16(11-22-2)12-25-20(26)15-5-3-14(4-6-15)19-17-7-9-23-18(17)8-10-24-19/h3-11,21-23H,12H2,1-2H3,(H,25,26)/b16-11-,21-13?. The SMILES string of the molecule is CN/C=C(/CNC(=O)c1ccc(-c2nccc3[nH]ccc23)cc1)C(C)=N. The van der Waals surface area contributed by atoms with Gasteiger partial charge in [-0.3, -0.25) is 9.78 Å². The summed E-state index contributed by atoms with van der Waals surface area (Å²) in [6.07, 6.45) is 5.37. The van der Waals surface area contributed by atoms with E-state index < -0.39 is 0 Å². The van der Waals surface area contributed by atoms with Crippen molar-refractivity contribution in [3.8, 4) is 11.3 Å². The van der Waals surface area contributed by atoms with Crippen LogP contribution in [0.1, 0.15) is 17.3 Å². The summed E-state index contributed by atoms with van der Waals surface area (Å²) in [7, 11) is 1.77. The van der Waals surface area contributed by atoms with E-state index >= 15 is 0 Å². The maximum atomic E-state index is 12.3. The maximum Gasteiger partial charge on any atom is 0.251 e. The molecule has 0 spiro atoms. The highest BCUT2D eigenvalue weighted by atomic mass is 16.1. The Balaban J connectivity index is 1.75. The average Bonchev–Trinajstić information content (AvgIpc) is 3.13. The Bertz CT molecular complexity index is 969. The van der Waals surface area contributed by atoms with Crippen molar-refractivity contribution in [3.05, 3.63) is 66.1 Å². The molecule has 0 bridgehead atoms. The van der Waals surface area contributed by atoms with E-state index in [1.807, 2.05) is 30.5 Å². The lowest BCUT2D eigenvalue weighted by molar-refractivity contribution is 0.0957. The van der Waals surface area contributed by atoms with Crippen LogP contribution >= 0.6 is 0 Å². The Kier molecular flexibility index (Phi) is 5.12. The number of aromatic nitrogens is 2. The van der Waals surface area contributed by atoms with Gasteiger partial charge in [0.2, 0.25) is 0 Å². The van der Waals surface area contributed by atoms with Crippen molar-refractivity contribution in [1.82, 2.24) is 20.6 Å². The van der Waals surface area contributed by atoms with Crippen molar-refractivity contribution in [2.24, 2.45) is 0 Å². The smallest absolute Gasteiger partial charge is 0.251 e. The minimum absolute atomic E-state index is 0.174. The predicted octanol–water partition coefficient (Wildman–Crippen LogP) is 3.10. The second kappa shape index (κ2) is 7.65. The number of H-pyrrole nitrogens is 1. The average molecular weight is 347 g/mol. The molecule has 0 aliphatic heterocycles. The molecule has 3 aromatic rings. The van der Waals surface area contributed by atoms with Crippen molar-refractivity contribution in [1.29, 1.82) is 5.41 Å². The molecule has 0 saturated heterocycles. The molecule has 2 heterocycles. The Morgan fingerprint density at radius 1 is 1.23 bits per heavy atom. The van der Waals surface area contributed by atoms with Crippen LogP contribution in [0.25, 0.3) is 22.2 Å². The van der Waals surface area contributed by atoms with E-state index in [1.165, 1.54) is 0 Å². The highest BCUT2D eigenvalue weighted by Crippen LogP contribution is 2.25. The molecule has 132 valence electrons. The van der Waals surface area contributed by atoms with Crippen molar-refractivity contribution in [3.63, 3.8) is 0 Å². The molecule has 6 heteroatoms. The van der Waals surface area contributed by atoms with Gasteiger partial charge in [-0.05, 0) is 31.2 Å². The Labute approximate surface area is 151 Å². The fraction of sp³-hybridized carbons (Fsp3) is 0.150. The van der Waals surface area contributed by atoms with E-state index in [4.69, 9.17) is 5.41 Å². The molecule has 0 aliphatic rings. The minimum atomic E-state index is -0.174. The number of fused-ring (bicyclic) bond motifs is 1. The fourth-order valence-corrected chi connectivity index (χ4v) is 2.74. The Hall–Kier alpha value is -3.41. The van der Waals surface area contributed by atoms with E-state index in [9.17, 15) is 4.79 Å². The van der Waals surface area contributed by atoms with Crippen LogP contribution in [-0.4, -0.2) is 35.2 Å². The summed E-state index contributed by atoms with van der Waals surface area (Å²) in [5.41, 5.74) is 4.60. The monoisotopic (exact) mass is 347 g/mol. The van der Waals surface area contributed by atoms with Gasteiger partial charge in [-0.2, -0.15) is 0 Å². The van der Waals surface area contributed by atoms with Gasteiger partial charge in [0.05, 0.1) is 5.69 Å². The van der Waals surface area contributed by atoms with Gasteiger partial charge in [-0.1, -0.05) is 12.1 Å². The molecule has 0 unspecified atom stereocenters. The molecule has 0 saturated carbocycles. The molecule has 1 aromatic carbocycles. The van der Waals surface area contributed by atoms with Crippen LogP contribution in [0.15, 0.2) is 60.6 Å². The van der Waals surface area contributed by atoms with Crippen LogP contribution in [0.5, 0.6) is 0 Å². The van der Waals surface area contributed by atoms with Crippen molar-refractivity contribution in [2.45, 2.75) is 6.92 Å². The van der Waals surface area contributed by atoms with Gasteiger partial charge in [0, 0.05) is 65.5 Å². The summed E-state index contributed by atoms with van der Waals surface area (Å²) in [4.78, 5) is 20.0. The first-order valence-electron chi connectivity index (χ1n) is 8.32. The summed E-state index contributed by atoms with van der Waals surface area (Å²) in [6, 6.07) is 11.3. The zero-order valence-corrected chi connectivity index (χ0v) is 14.8. The summed E-state index contributed by atoms with van der Waals surface area (Å²) in [5.74, 6) is -0.174. The number of amides is 1. The number of hydrogen-bond donors (Lipinski definition) is 4.